The van der Waals surface area contributed by atoms with Gasteiger partial charge in [0.1, 0.15) is 5.82 Å². The normalized spacial score (nSPS) is 10.8. The Bertz CT molecular complexity index is 683. The summed E-state index contributed by atoms with van der Waals surface area (Å²) in [4.78, 5) is 4.49. The van der Waals surface area contributed by atoms with Crippen molar-refractivity contribution in [3.63, 3.8) is 0 Å². The highest BCUT2D eigenvalue weighted by Gasteiger charge is 2.09. The zero-order valence-corrected chi connectivity index (χ0v) is 10.4. The molecular weight excluding hydrogens is 224 g/mol. The molecule has 0 aliphatic heterocycles. The zero-order valence-electron chi connectivity index (χ0n) is 10.4. The maximum absolute atomic E-state index is 5.39. The van der Waals surface area contributed by atoms with Crippen LogP contribution in [0, 0.1) is 6.92 Å². The number of benzene rings is 1. The number of hydrogen-bond acceptors (Lipinski definition) is 2. The van der Waals surface area contributed by atoms with Gasteiger partial charge < -0.3 is 4.74 Å². The van der Waals surface area contributed by atoms with Gasteiger partial charge in [-0.15, -0.1) is 0 Å². The number of methoxy groups -OCH3 is 1. The first-order chi connectivity index (χ1) is 8.79. The van der Waals surface area contributed by atoms with Gasteiger partial charge in [0.05, 0.1) is 18.8 Å². The van der Waals surface area contributed by atoms with Gasteiger partial charge in [0.15, 0.2) is 5.88 Å². The van der Waals surface area contributed by atoms with Gasteiger partial charge in [-0.1, -0.05) is 35.9 Å². The van der Waals surface area contributed by atoms with E-state index >= 15 is 0 Å². The predicted octanol–water partition coefficient (Wildman–Crippen LogP) is 3.32. The molecule has 2 heterocycles. The van der Waals surface area contributed by atoms with Crippen molar-refractivity contribution in [2.24, 2.45) is 0 Å². The summed E-state index contributed by atoms with van der Waals surface area (Å²) >= 11 is 0. The van der Waals surface area contributed by atoms with E-state index in [9.17, 15) is 0 Å². The maximum atomic E-state index is 5.39. The Morgan fingerprint density at radius 1 is 1.06 bits per heavy atom. The molecular formula is C15H14N2O. The van der Waals surface area contributed by atoms with Crippen molar-refractivity contribution >= 4 is 5.52 Å². The van der Waals surface area contributed by atoms with Crippen LogP contribution in [0.1, 0.15) is 5.56 Å². The van der Waals surface area contributed by atoms with Crippen LogP contribution in [0.3, 0.4) is 0 Å². The van der Waals surface area contributed by atoms with Crippen LogP contribution in [0.4, 0.5) is 0 Å². The molecule has 3 nitrogen and oxygen atoms in total. The number of ether oxygens (including phenoxy) is 1. The fourth-order valence-corrected chi connectivity index (χ4v) is 2.08. The van der Waals surface area contributed by atoms with Crippen molar-refractivity contribution in [2.45, 2.75) is 6.92 Å². The molecule has 2 aromatic heterocycles. The summed E-state index contributed by atoms with van der Waals surface area (Å²) in [5, 5.41) is 0. The van der Waals surface area contributed by atoms with E-state index in [0.29, 0.717) is 0 Å². The van der Waals surface area contributed by atoms with Gasteiger partial charge in [0.25, 0.3) is 0 Å². The molecule has 0 fully saturated rings. The minimum Gasteiger partial charge on any atom is -0.482 e. The lowest BCUT2D eigenvalue weighted by atomic mass is 10.1. The average Bonchev–Trinajstić information content (AvgIpc) is 2.83. The van der Waals surface area contributed by atoms with E-state index < -0.39 is 0 Å². The van der Waals surface area contributed by atoms with E-state index in [0.717, 1.165) is 22.8 Å². The number of aromatic nitrogens is 2. The van der Waals surface area contributed by atoms with Gasteiger partial charge in [0, 0.05) is 5.56 Å². The Balaban J connectivity index is 2.26. The summed E-state index contributed by atoms with van der Waals surface area (Å²) in [6.45, 7) is 2.08. The van der Waals surface area contributed by atoms with Crippen LogP contribution in [0.15, 0.2) is 48.7 Å². The van der Waals surface area contributed by atoms with E-state index in [-0.39, 0.29) is 0 Å². The maximum Gasteiger partial charge on any atom is 0.199 e. The lowest BCUT2D eigenvalue weighted by Gasteiger charge is -2.07. The van der Waals surface area contributed by atoms with Crippen molar-refractivity contribution in [1.82, 2.24) is 9.38 Å². The number of rotatable bonds is 2. The van der Waals surface area contributed by atoms with Crippen LogP contribution in [-0.2, 0) is 0 Å². The van der Waals surface area contributed by atoms with E-state index in [1.165, 1.54) is 5.56 Å². The molecule has 0 bridgehead atoms. The van der Waals surface area contributed by atoms with Gasteiger partial charge in [0.2, 0.25) is 0 Å². The summed E-state index contributed by atoms with van der Waals surface area (Å²) in [7, 11) is 1.67. The van der Waals surface area contributed by atoms with E-state index in [1.54, 1.807) is 7.11 Å². The first kappa shape index (κ1) is 10.8. The standard InChI is InChI=1S/C15H14N2O/c1-11-6-8-12(9-7-11)15-16-10-13-4-3-5-14(18-2)17(13)15/h3-10H,1-2H3. The van der Waals surface area contributed by atoms with Crippen LogP contribution in [0.25, 0.3) is 16.9 Å². The molecule has 90 valence electrons. The summed E-state index contributed by atoms with van der Waals surface area (Å²) in [6.07, 6.45) is 1.86. The second-order valence-corrected chi connectivity index (χ2v) is 4.28. The smallest absolute Gasteiger partial charge is 0.199 e. The van der Waals surface area contributed by atoms with Gasteiger partial charge in [-0.3, -0.25) is 4.40 Å². The Kier molecular flexibility index (Phi) is 2.52. The molecule has 0 aliphatic carbocycles. The fraction of sp³-hybridized carbons (Fsp3) is 0.133. The Hall–Kier alpha value is -2.29. The van der Waals surface area contributed by atoms with Crippen LogP contribution in [0.5, 0.6) is 5.88 Å². The van der Waals surface area contributed by atoms with E-state index in [2.05, 4.69) is 36.2 Å². The van der Waals surface area contributed by atoms with E-state index in [1.807, 2.05) is 28.8 Å². The third kappa shape index (κ3) is 1.64. The minimum absolute atomic E-state index is 0.792. The predicted molar refractivity (Wildman–Crippen MR) is 71.9 cm³/mol. The number of hydrogen-bond donors (Lipinski definition) is 0. The molecule has 0 radical (unpaired) electrons. The minimum atomic E-state index is 0.792. The zero-order chi connectivity index (χ0) is 12.5. The Morgan fingerprint density at radius 3 is 2.56 bits per heavy atom. The highest BCUT2D eigenvalue weighted by atomic mass is 16.5. The van der Waals surface area contributed by atoms with E-state index in [4.69, 9.17) is 4.74 Å². The second-order valence-electron chi connectivity index (χ2n) is 4.28. The van der Waals surface area contributed by atoms with Crippen LogP contribution in [0.2, 0.25) is 0 Å². The van der Waals surface area contributed by atoms with Gasteiger partial charge in [-0.05, 0) is 19.1 Å². The number of imidazole rings is 1. The number of pyridine rings is 1. The summed E-state index contributed by atoms with van der Waals surface area (Å²) in [5.41, 5.74) is 3.36. The van der Waals surface area contributed by atoms with Gasteiger partial charge in [-0.2, -0.15) is 0 Å². The fourth-order valence-electron chi connectivity index (χ4n) is 2.08. The number of nitrogens with zero attached hydrogens (tertiary/aromatic N) is 2. The van der Waals surface area contributed by atoms with Gasteiger partial charge in [-0.25, -0.2) is 4.98 Å². The third-order valence-electron chi connectivity index (χ3n) is 3.03. The molecule has 3 heteroatoms. The van der Waals surface area contributed by atoms with Crippen molar-refractivity contribution in [1.29, 1.82) is 0 Å². The highest BCUT2D eigenvalue weighted by Crippen LogP contribution is 2.24. The number of fused-ring (bicyclic) bond motifs is 1. The topological polar surface area (TPSA) is 26.5 Å². The molecule has 0 aliphatic rings. The molecule has 3 aromatic rings. The molecule has 0 saturated carbocycles. The lowest BCUT2D eigenvalue weighted by molar-refractivity contribution is 0.393. The van der Waals surface area contributed by atoms with Crippen molar-refractivity contribution in [3.05, 3.63) is 54.2 Å². The molecule has 0 atom stereocenters. The SMILES string of the molecule is COc1cccc2cnc(-c3ccc(C)cc3)n12. The van der Waals surface area contributed by atoms with Crippen LogP contribution in [-0.4, -0.2) is 16.5 Å². The largest absolute Gasteiger partial charge is 0.482 e. The monoisotopic (exact) mass is 238 g/mol. The van der Waals surface area contributed by atoms with Gasteiger partial charge >= 0.3 is 0 Å². The highest BCUT2D eigenvalue weighted by molar-refractivity contribution is 5.64. The van der Waals surface area contributed by atoms with Crippen LogP contribution < -0.4 is 4.74 Å². The molecule has 3 rings (SSSR count). The summed E-state index contributed by atoms with van der Waals surface area (Å²) in [5.74, 6) is 1.70. The Labute approximate surface area is 106 Å². The average molecular weight is 238 g/mol. The van der Waals surface area contributed by atoms with Crippen molar-refractivity contribution in [2.75, 3.05) is 7.11 Å². The van der Waals surface area contributed by atoms with Crippen LogP contribution >= 0.6 is 0 Å². The molecule has 0 spiro atoms. The van der Waals surface area contributed by atoms with Crippen molar-refractivity contribution < 1.29 is 4.74 Å². The summed E-state index contributed by atoms with van der Waals surface area (Å²) < 4.78 is 7.41. The summed E-state index contributed by atoms with van der Waals surface area (Å²) in [6, 6.07) is 14.3. The Morgan fingerprint density at radius 2 is 1.83 bits per heavy atom. The molecule has 0 unspecified atom stereocenters. The quantitative estimate of drug-likeness (QED) is 0.684. The molecule has 0 N–H and O–H groups in total. The lowest BCUT2D eigenvalue weighted by Crippen LogP contribution is -1.95. The molecule has 0 amide bonds. The second kappa shape index (κ2) is 4.18. The molecule has 1 aromatic carbocycles. The third-order valence-corrected chi connectivity index (χ3v) is 3.03. The first-order valence-corrected chi connectivity index (χ1v) is 5.87. The molecule has 18 heavy (non-hydrogen) atoms. The van der Waals surface area contributed by atoms with Crippen molar-refractivity contribution in [3.8, 4) is 17.3 Å². The first-order valence-electron chi connectivity index (χ1n) is 5.87. The number of aryl methyl sites for hydroxylation is 1. The molecule has 0 saturated heterocycles.